The van der Waals surface area contributed by atoms with Crippen molar-refractivity contribution in [3.05, 3.63) is 46.9 Å². The molecule has 0 amide bonds. The Bertz CT molecular complexity index is 941. The molecule has 5 nitrogen and oxygen atoms in total. The van der Waals surface area contributed by atoms with Crippen molar-refractivity contribution >= 4 is 16.9 Å². The van der Waals surface area contributed by atoms with E-state index in [1.165, 1.54) is 35.0 Å². The monoisotopic (exact) mass is 350 g/mol. The molecule has 1 aliphatic rings. The first-order valence-electron chi connectivity index (χ1n) is 9.37. The van der Waals surface area contributed by atoms with E-state index >= 15 is 0 Å². The summed E-state index contributed by atoms with van der Waals surface area (Å²) >= 11 is 0. The standard InChI is InChI=1S/C21H26N4O/c1-6-17(24-20-19-16(26-25-20)10-22-11-23-19)21(9-15(21)5)18-13(3)7-12(2)8-14(18)4/h7-8,10-11,15,17H,6,9H2,1-5H3,(H,24,25). The van der Waals surface area contributed by atoms with Gasteiger partial charge in [-0.25, -0.2) is 9.97 Å². The van der Waals surface area contributed by atoms with Crippen molar-refractivity contribution in [2.45, 2.75) is 58.9 Å². The minimum atomic E-state index is 0.134. The third-order valence-electron chi connectivity index (χ3n) is 5.98. The molecule has 0 aliphatic heterocycles. The van der Waals surface area contributed by atoms with E-state index in [1.807, 2.05) is 0 Å². The van der Waals surface area contributed by atoms with Gasteiger partial charge in [-0.15, -0.1) is 0 Å². The van der Waals surface area contributed by atoms with Crippen molar-refractivity contribution in [2.24, 2.45) is 5.92 Å². The molecule has 5 heteroatoms. The summed E-state index contributed by atoms with van der Waals surface area (Å²) in [7, 11) is 0. The fraction of sp³-hybridized carbons (Fsp3) is 0.476. The average Bonchev–Trinajstić information content (AvgIpc) is 3.09. The topological polar surface area (TPSA) is 63.8 Å². The molecule has 1 aliphatic carbocycles. The first-order valence-corrected chi connectivity index (χ1v) is 9.37. The van der Waals surface area contributed by atoms with Gasteiger partial charge < -0.3 is 9.84 Å². The molecular formula is C21H26N4O. The SMILES string of the molecule is CCC(Nc1noc2cncnc12)C1(c2c(C)cc(C)cc2C)CC1C. The maximum absolute atomic E-state index is 5.39. The Morgan fingerprint density at radius 1 is 1.27 bits per heavy atom. The van der Waals surface area contributed by atoms with Crippen LogP contribution in [0.4, 0.5) is 5.82 Å². The summed E-state index contributed by atoms with van der Waals surface area (Å²) in [6.07, 6.45) is 5.39. The van der Waals surface area contributed by atoms with Crippen LogP contribution in [0.1, 0.15) is 48.9 Å². The van der Waals surface area contributed by atoms with Crippen LogP contribution in [0.3, 0.4) is 0 Å². The van der Waals surface area contributed by atoms with Crippen LogP contribution < -0.4 is 5.32 Å². The predicted molar refractivity (Wildman–Crippen MR) is 103 cm³/mol. The van der Waals surface area contributed by atoms with Crippen molar-refractivity contribution in [1.29, 1.82) is 0 Å². The van der Waals surface area contributed by atoms with Gasteiger partial charge in [0, 0.05) is 11.5 Å². The lowest BCUT2D eigenvalue weighted by molar-refractivity contribution is 0.449. The number of anilines is 1. The largest absolute Gasteiger partial charge is 0.362 e. The number of fused-ring (bicyclic) bond motifs is 1. The van der Waals surface area contributed by atoms with Crippen molar-refractivity contribution < 1.29 is 4.52 Å². The lowest BCUT2D eigenvalue weighted by Crippen LogP contribution is -2.36. The van der Waals surface area contributed by atoms with Crippen LogP contribution in [0.2, 0.25) is 0 Å². The van der Waals surface area contributed by atoms with Gasteiger partial charge in [-0.3, -0.25) is 0 Å². The number of aryl methyl sites for hydroxylation is 3. The Morgan fingerprint density at radius 3 is 2.58 bits per heavy atom. The van der Waals surface area contributed by atoms with Crippen LogP contribution in [0, 0.1) is 26.7 Å². The number of rotatable bonds is 5. The molecule has 2 aromatic heterocycles. The fourth-order valence-corrected chi connectivity index (χ4v) is 4.92. The minimum absolute atomic E-state index is 0.134. The highest BCUT2D eigenvalue weighted by Crippen LogP contribution is 2.59. The molecule has 1 aromatic carbocycles. The highest BCUT2D eigenvalue weighted by Gasteiger charge is 2.58. The van der Waals surface area contributed by atoms with E-state index in [0.717, 1.165) is 17.8 Å². The van der Waals surface area contributed by atoms with Crippen LogP contribution in [0.25, 0.3) is 11.1 Å². The molecule has 3 aromatic rings. The van der Waals surface area contributed by atoms with Crippen molar-refractivity contribution in [1.82, 2.24) is 15.1 Å². The number of hydrogen-bond donors (Lipinski definition) is 1. The summed E-state index contributed by atoms with van der Waals surface area (Å²) in [6, 6.07) is 4.89. The summed E-state index contributed by atoms with van der Waals surface area (Å²) < 4.78 is 5.39. The second-order valence-electron chi connectivity index (χ2n) is 7.79. The molecule has 3 unspecified atom stereocenters. The number of benzene rings is 1. The molecule has 0 spiro atoms. The summed E-state index contributed by atoms with van der Waals surface area (Å²) in [6.45, 7) is 11.2. The zero-order valence-electron chi connectivity index (χ0n) is 16.1. The van der Waals surface area contributed by atoms with Gasteiger partial charge in [0.15, 0.2) is 11.3 Å². The number of hydrogen-bond acceptors (Lipinski definition) is 5. The molecule has 4 rings (SSSR count). The normalized spacial score (nSPS) is 23.2. The molecule has 136 valence electrons. The van der Waals surface area contributed by atoms with E-state index in [-0.39, 0.29) is 11.5 Å². The Hall–Kier alpha value is -2.43. The van der Waals surface area contributed by atoms with Crippen LogP contribution in [-0.4, -0.2) is 21.2 Å². The quantitative estimate of drug-likeness (QED) is 0.722. The van der Waals surface area contributed by atoms with Crippen molar-refractivity contribution in [3.63, 3.8) is 0 Å². The van der Waals surface area contributed by atoms with Crippen LogP contribution in [0.15, 0.2) is 29.2 Å². The zero-order chi connectivity index (χ0) is 18.5. The first kappa shape index (κ1) is 17.0. The van der Waals surface area contributed by atoms with Gasteiger partial charge in [0.25, 0.3) is 0 Å². The minimum Gasteiger partial charge on any atom is -0.362 e. The lowest BCUT2D eigenvalue weighted by atomic mass is 9.79. The second-order valence-corrected chi connectivity index (χ2v) is 7.79. The highest BCUT2D eigenvalue weighted by molar-refractivity contribution is 5.83. The molecule has 2 heterocycles. The van der Waals surface area contributed by atoms with Gasteiger partial charge in [-0.05, 0) is 56.2 Å². The van der Waals surface area contributed by atoms with Crippen LogP contribution in [-0.2, 0) is 5.41 Å². The van der Waals surface area contributed by atoms with E-state index < -0.39 is 0 Å². The van der Waals surface area contributed by atoms with E-state index in [4.69, 9.17) is 4.52 Å². The number of nitrogens with zero attached hydrogens (tertiary/aromatic N) is 3. The molecule has 0 saturated heterocycles. The average molecular weight is 350 g/mol. The molecule has 0 radical (unpaired) electrons. The predicted octanol–water partition coefficient (Wildman–Crippen LogP) is 4.71. The van der Waals surface area contributed by atoms with Gasteiger partial charge in [0.05, 0.1) is 6.20 Å². The molecular weight excluding hydrogens is 324 g/mol. The maximum atomic E-state index is 5.39. The van der Waals surface area contributed by atoms with Gasteiger partial charge >= 0.3 is 0 Å². The van der Waals surface area contributed by atoms with E-state index in [0.29, 0.717) is 11.5 Å². The summed E-state index contributed by atoms with van der Waals surface area (Å²) in [5, 5.41) is 7.87. The molecule has 1 N–H and O–H groups in total. The third-order valence-corrected chi connectivity index (χ3v) is 5.98. The van der Waals surface area contributed by atoms with E-state index in [9.17, 15) is 0 Å². The van der Waals surface area contributed by atoms with Crippen LogP contribution in [0.5, 0.6) is 0 Å². The van der Waals surface area contributed by atoms with Crippen LogP contribution >= 0.6 is 0 Å². The van der Waals surface area contributed by atoms with Gasteiger partial charge in [-0.1, -0.05) is 36.7 Å². The molecule has 3 atom stereocenters. The number of aromatic nitrogens is 3. The van der Waals surface area contributed by atoms with Crippen molar-refractivity contribution in [3.8, 4) is 0 Å². The van der Waals surface area contributed by atoms with Crippen molar-refractivity contribution in [2.75, 3.05) is 5.32 Å². The molecule has 0 bridgehead atoms. The summed E-state index contributed by atoms with van der Waals surface area (Å²) in [5.74, 6) is 1.35. The fourth-order valence-electron chi connectivity index (χ4n) is 4.92. The first-order chi connectivity index (χ1) is 12.5. The molecule has 26 heavy (non-hydrogen) atoms. The van der Waals surface area contributed by atoms with Gasteiger partial charge in [-0.2, -0.15) is 0 Å². The smallest absolute Gasteiger partial charge is 0.205 e. The maximum Gasteiger partial charge on any atom is 0.205 e. The highest BCUT2D eigenvalue weighted by atomic mass is 16.5. The lowest BCUT2D eigenvalue weighted by Gasteiger charge is -2.31. The molecule has 1 saturated carbocycles. The Labute approximate surface area is 154 Å². The Morgan fingerprint density at radius 2 is 1.96 bits per heavy atom. The second kappa shape index (κ2) is 6.08. The third kappa shape index (κ3) is 2.49. The Kier molecular flexibility index (Phi) is 3.98. The Balaban J connectivity index is 1.75. The zero-order valence-corrected chi connectivity index (χ0v) is 16.1. The summed E-state index contributed by atoms with van der Waals surface area (Å²) in [5.41, 5.74) is 7.10. The van der Waals surface area contributed by atoms with Gasteiger partial charge in [0.2, 0.25) is 5.58 Å². The van der Waals surface area contributed by atoms with E-state index in [2.05, 4.69) is 67.2 Å². The number of nitrogens with one attached hydrogen (secondary N) is 1. The summed E-state index contributed by atoms with van der Waals surface area (Å²) in [4.78, 5) is 8.34. The van der Waals surface area contributed by atoms with E-state index in [1.54, 1.807) is 6.20 Å². The molecule has 1 fully saturated rings. The van der Waals surface area contributed by atoms with Gasteiger partial charge in [0.1, 0.15) is 6.33 Å².